The number of likely N-dealkylation sites (tertiary alicyclic amines) is 1. The number of aromatic nitrogens is 3. The third-order valence-electron chi connectivity index (χ3n) is 10.9. The van der Waals surface area contributed by atoms with E-state index in [1.54, 1.807) is 18.3 Å². The van der Waals surface area contributed by atoms with E-state index in [1.165, 1.54) is 19.5 Å². The number of piperazine rings is 1. The van der Waals surface area contributed by atoms with Gasteiger partial charge in [-0.3, -0.25) is 4.98 Å². The molecule has 5 heterocycles. The Morgan fingerprint density at radius 2 is 1.86 bits per heavy atom. The number of nitrogens with one attached hydrogen (secondary N) is 1. The minimum atomic E-state index is -0.510. The van der Waals surface area contributed by atoms with Gasteiger partial charge in [0.2, 0.25) is 0 Å². The fourth-order valence-electron chi connectivity index (χ4n) is 8.30. The topological polar surface area (TPSA) is 86.6 Å². The molecule has 44 heavy (non-hydrogen) atoms. The first kappa shape index (κ1) is 26.8. The molecule has 2 aromatic heterocycles. The van der Waals surface area contributed by atoms with Gasteiger partial charge in [-0.25, -0.2) is 4.39 Å². The Labute approximate surface area is 256 Å². The highest BCUT2D eigenvalue weighted by atomic mass is 19.1. The number of anilines is 1. The van der Waals surface area contributed by atoms with Crippen molar-refractivity contribution >= 4 is 27.5 Å². The number of nitrogens with zero attached hydrogens (tertiary/aromatic N) is 5. The quantitative estimate of drug-likeness (QED) is 0.284. The first-order valence-electron chi connectivity index (χ1n) is 16.4. The zero-order valence-corrected chi connectivity index (χ0v) is 25.2. The Kier molecular flexibility index (Phi) is 6.08. The van der Waals surface area contributed by atoms with Crippen molar-refractivity contribution in [2.75, 3.05) is 44.2 Å². The second-order valence-electron chi connectivity index (χ2n) is 14.2. The average Bonchev–Trinajstić information content (AvgIpc) is 3.90. The van der Waals surface area contributed by atoms with Crippen molar-refractivity contribution in [2.45, 2.75) is 57.5 Å². The van der Waals surface area contributed by atoms with Gasteiger partial charge in [-0.2, -0.15) is 9.97 Å². The molecule has 2 N–H and O–H groups in total. The number of pyridine rings is 1. The summed E-state index contributed by atoms with van der Waals surface area (Å²) >= 11 is 0. The number of benzene rings is 2. The van der Waals surface area contributed by atoms with E-state index >= 15 is 4.39 Å². The van der Waals surface area contributed by atoms with Crippen LogP contribution in [0.15, 0.2) is 36.5 Å². The molecule has 0 amide bonds. The predicted octanol–water partition coefficient (Wildman–Crippen LogP) is 5.30. The van der Waals surface area contributed by atoms with Crippen molar-refractivity contribution in [2.24, 2.45) is 17.3 Å². The molecule has 2 aromatic carbocycles. The summed E-state index contributed by atoms with van der Waals surface area (Å²) in [5.74, 6) is 2.09. The molecule has 0 radical (unpaired) electrons. The number of phenols is 1. The molecule has 2 bridgehead atoms. The number of fused-ring (bicyclic) bond motifs is 5. The summed E-state index contributed by atoms with van der Waals surface area (Å²) in [4.78, 5) is 19.2. The molecule has 2 saturated carbocycles. The molecule has 5 fully saturated rings. The Hall–Kier alpha value is -3.56. The molecular formula is C35H39FN6O2. The van der Waals surface area contributed by atoms with Gasteiger partial charge in [0.05, 0.1) is 12.0 Å². The Balaban J connectivity index is 1.12. The maximum atomic E-state index is 16.8. The van der Waals surface area contributed by atoms with Gasteiger partial charge in [-0.05, 0) is 78.8 Å². The van der Waals surface area contributed by atoms with Crippen LogP contribution in [-0.2, 0) is 6.42 Å². The minimum absolute atomic E-state index is 0.0794. The van der Waals surface area contributed by atoms with Gasteiger partial charge in [-0.1, -0.05) is 25.1 Å². The average molecular weight is 595 g/mol. The highest BCUT2D eigenvalue weighted by Gasteiger charge is 2.50. The maximum absolute atomic E-state index is 16.8. The number of ether oxygens (including phenoxy) is 1. The van der Waals surface area contributed by atoms with E-state index < -0.39 is 5.82 Å². The normalized spacial score (nSPS) is 26.8. The van der Waals surface area contributed by atoms with Crippen molar-refractivity contribution in [1.82, 2.24) is 25.2 Å². The van der Waals surface area contributed by atoms with Gasteiger partial charge in [-0.15, -0.1) is 0 Å². The van der Waals surface area contributed by atoms with Crippen LogP contribution in [-0.4, -0.2) is 76.4 Å². The predicted molar refractivity (Wildman–Crippen MR) is 169 cm³/mol. The fourth-order valence-corrected chi connectivity index (χ4v) is 8.30. The second-order valence-corrected chi connectivity index (χ2v) is 14.2. The highest BCUT2D eigenvalue weighted by Crippen LogP contribution is 2.51. The summed E-state index contributed by atoms with van der Waals surface area (Å²) in [5.41, 5.74) is 2.19. The van der Waals surface area contributed by atoms with E-state index in [9.17, 15) is 5.11 Å². The van der Waals surface area contributed by atoms with E-state index in [4.69, 9.17) is 14.7 Å². The molecule has 9 heteroatoms. The summed E-state index contributed by atoms with van der Waals surface area (Å²) in [6, 6.07) is 10.3. The highest BCUT2D eigenvalue weighted by molar-refractivity contribution is 6.01. The molecule has 4 aromatic rings. The Morgan fingerprint density at radius 1 is 1.07 bits per heavy atom. The summed E-state index contributed by atoms with van der Waals surface area (Å²) in [7, 11) is 0. The van der Waals surface area contributed by atoms with Crippen molar-refractivity contribution in [3.63, 3.8) is 0 Å². The molecule has 3 saturated heterocycles. The molecule has 4 atom stereocenters. The van der Waals surface area contributed by atoms with Gasteiger partial charge in [0.15, 0.2) is 5.82 Å². The molecule has 2 aliphatic carbocycles. The maximum Gasteiger partial charge on any atom is 0.319 e. The summed E-state index contributed by atoms with van der Waals surface area (Å²) in [5, 5.41) is 16.7. The van der Waals surface area contributed by atoms with Crippen LogP contribution in [0.4, 0.5) is 10.2 Å². The van der Waals surface area contributed by atoms with Gasteiger partial charge < -0.3 is 25.0 Å². The largest absolute Gasteiger partial charge is 0.508 e. The molecule has 2 unspecified atom stereocenters. The van der Waals surface area contributed by atoms with Crippen molar-refractivity contribution < 1.29 is 14.2 Å². The zero-order chi connectivity index (χ0) is 29.6. The summed E-state index contributed by atoms with van der Waals surface area (Å²) in [6.45, 7) is 7.75. The number of piperidine rings is 1. The van der Waals surface area contributed by atoms with E-state index in [0.717, 1.165) is 79.9 Å². The van der Waals surface area contributed by atoms with Gasteiger partial charge in [0.1, 0.15) is 22.8 Å². The van der Waals surface area contributed by atoms with Crippen LogP contribution in [0.25, 0.3) is 32.9 Å². The summed E-state index contributed by atoms with van der Waals surface area (Å²) < 4.78 is 23.2. The monoisotopic (exact) mass is 594 g/mol. The molecule has 0 spiro atoms. The SMILES string of the molecule is CCc1cccc2cc(O)cc(-c3ncc4c(N5C[C@H]6CC[C@@H](C5)N6)nc(OCC5(CN6CC7CC7C6)CC5)nc4c3F)c12. The van der Waals surface area contributed by atoms with Crippen LogP contribution < -0.4 is 15.0 Å². The zero-order valence-electron chi connectivity index (χ0n) is 25.2. The second kappa shape index (κ2) is 9.97. The van der Waals surface area contributed by atoms with Gasteiger partial charge in [0, 0.05) is 62.0 Å². The number of rotatable bonds is 8. The molecule has 5 aliphatic rings. The lowest BCUT2D eigenvalue weighted by Crippen LogP contribution is -2.51. The number of halogens is 1. The fraction of sp³-hybridized carbons (Fsp3) is 0.514. The number of aromatic hydroxyl groups is 1. The lowest BCUT2D eigenvalue weighted by Gasteiger charge is -2.34. The first-order chi connectivity index (χ1) is 21.4. The van der Waals surface area contributed by atoms with Crippen LogP contribution in [0.2, 0.25) is 0 Å². The van der Waals surface area contributed by atoms with Crippen molar-refractivity contribution in [3.05, 3.63) is 47.9 Å². The van der Waals surface area contributed by atoms with Crippen LogP contribution >= 0.6 is 0 Å². The van der Waals surface area contributed by atoms with E-state index in [0.29, 0.717) is 35.5 Å². The third-order valence-corrected chi connectivity index (χ3v) is 10.9. The molecule has 8 nitrogen and oxygen atoms in total. The standard InChI is InChI=1S/C35H39FN6O2/c1-2-20-4-3-5-21-11-26(43)12-27(29(20)21)31-30(36)32-28(13-37-31)33(42-16-24-6-7-25(17-42)38-24)40-34(39-32)44-19-35(8-9-35)18-41-14-22-10-23(22)15-41/h3-5,11-13,22-25,38,43H,2,6-10,14-19H2,1H3/t22?,23?,24-,25+. The molecular weight excluding hydrogens is 555 g/mol. The smallest absolute Gasteiger partial charge is 0.319 e. The van der Waals surface area contributed by atoms with Crippen LogP contribution in [0.3, 0.4) is 0 Å². The minimum Gasteiger partial charge on any atom is -0.508 e. The lowest BCUT2D eigenvalue weighted by molar-refractivity contribution is 0.163. The van der Waals surface area contributed by atoms with Crippen LogP contribution in [0.1, 0.15) is 44.6 Å². The first-order valence-corrected chi connectivity index (χ1v) is 16.4. The van der Waals surface area contributed by atoms with Gasteiger partial charge >= 0.3 is 6.01 Å². The third kappa shape index (κ3) is 4.58. The van der Waals surface area contributed by atoms with Crippen LogP contribution in [0.5, 0.6) is 11.8 Å². The Bertz CT molecular complexity index is 1770. The lowest BCUT2D eigenvalue weighted by atomic mass is 9.95. The van der Waals surface area contributed by atoms with E-state index in [1.807, 2.05) is 18.2 Å². The number of aryl methyl sites for hydroxylation is 1. The number of hydrogen-bond acceptors (Lipinski definition) is 8. The number of phenolic OH excluding ortho intramolecular Hbond substituents is 1. The van der Waals surface area contributed by atoms with Crippen molar-refractivity contribution in [1.29, 1.82) is 0 Å². The Morgan fingerprint density at radius 3 is 2.61 bits per heavy atom. The van der Waals surface area contributed by atoms with Gasteiger partial charge in [0.25, 0.3) is 0 Å². The van der Waals surface area contributed by atoms with Crippen LogP contribution in [0, 0.1) is 23.1 Å². The molecule has 3 aliphatic heterocycles. The molecule has 9 rings (SSSR count). The summed E-state index contributed by atoms with van der Waals surface area (Å²) in [6.07, 6.45) is 8.45. The van der Waals surface area contributed by atoms with Crippen molar-refractivity contribution in [3.8, 4) is 23.0 Å². The van der Waals surface area contributed by atoms with E-state index in [-0.39, 0.29) is 28.4 Å². The van der Waals surface area contributed by atoms with E-state index in [2.05, 4.69) is 27.0 Å². The molecule has 228 valence electrons. The number of hydrogen-bond donors (Lipinski definition) is 2.